The highest BCUT2D eigenvalue weighted by Gasteiger charge is 2.12. The van der Waals surface area contributed by atoms with Gasteiger partial charge >= 0.3 is 0 Å². The molecule has 6 nitrogen and oxygen atoms in total. The Labute approximate surface area is 117 Å². The van der Waals surface area contributed by atoms with Crippen LogP contribution in [-0.4, -0.2) is 25.1 Å². The van der Waals surface area contributed by atoms with Crippen LogP contribution in [0.4, 0.5) is 0 Å². The second-order valence-electron chi connectivity index (χ2n) is 4.22. The number of aromatic nitrogens is 5. The average Bonchev–Trinajstić information content (AvgIpc) is 3.19. The van der Waals surface area contributed by atoms with Crippen molar-refractivity contribution in [1.29, 1.82) is 0 Å². The lowest BCUT2D eigenvalue weighted by Gasteiger charge is -1.96. The monoisotopic (exact) mass is 283 g/mol. The number of rotatable bonds is 3. The van der Waals surface area contributed by atoms with E-state index >= 15 is 0 Å². The molecule has 0 saturated carbocycles. The maximum absolute atomic E-state index is 5.27. The van der Waals surface area contributed by atoms with E-state index in [1.807, 2.05) is 41.8 Å². The van der Waals surface area contributed by atoms with E-state index in [0.717, 1.165) is 15.9 Å². The highest BCUT2D eigenvalue weighted by atomic mass is 32.1. The van der Waals surface area contributed by atoms with Crippen LogP contribution in [0.1, 0.15) is 5.89 Å². The SMILES string of the molecule is c1csc(-c2noc(Cn3nnc4ccccc43)n2)c1. The largest absolute Gasteiger partial charge is 0.337 e. The van der Waals surface area contributed by atoms with Crippen LogP contribution in [0, 0.1) is 0 Å². The summed E-state index contributed by atoms with van der Waals surface area (Å²) in [6.07, 6.45) is 0. The number of para-hydroxylation sites is 1. The highest BCUT2D eigenvalue weighted by Crippen LogP contribution is 2.21. The van der Waals surface area contributed by atoms with E-state index in [1.54, 1.807) is 16.0 Å². The third-order valence-electron chi connectivity index (χ3n) is 2.91. The van der Waals surface area contributed by atoms with Crippen LogP contribution in [0.15, 0.2) is 46.3 Å². The number of nitrogens with zero attached hydrogens (tertiary/aromatic N) is 5. The van der Waals surface area contributed by atoms with Gasteiger partial charge in [-0.25, -0.2) is 4.68 Å². The first kappa shape index (κ1) is 11.3. The number of benzene rings is 1. The summed E-state index contributed by atoms with van der Waals surface area (Å²) in [7, 11) is 0. The summed E-state index contributed by atoms with van der Waals surface area (Å²) in [5.41, 5.74) is 1.80. The summed E-state index contributed by atoms with van der Waals surface area (Å²) in [5, 5.41) is 14.2. The molecule has 0 radical (unpaired) electrons. The van der Waals surface area contributed by atoms with Gasteiger partial charge in [0.15, 0.2) is 0 Å². The van der Waals surface area contributed by atoms with Crippen LogP contribution in [-0.2, 0) is 6.54 Å². The Balaban J connectivity index is 1.66. The quantitative estimate of drug-likeness (QED) is 0.578. The summed E-state index contributed by atoms with van der Waals surface area (Å²) in [6, 6.07) is 11.7. The van der Waals surface area contributed by atoms with Crippen LogP contribution >= 0.6 is 11.3 Å². The number of thiophene rings is 1. The Morgan fingerprint density at radius 1 is 1.15 bits per heavy atom. The Bertz CT molecular complexity index is 849. The molecule has 0 aliphatic heterocycles. The van der Waals surface area contributed by atoms with Gasteiger partial charge < -0.3 is 4.52 Å². The van der Waals surface area contributed by atoms with E-state index in [4.69, 9.17) is 4.52 Å². The normalized spacial score (nSPS) is 11.2. The molecule has 4 aromatic rings. The van der Waals surface area contributed by atoms with Crippen molar-refractivity contribution in [2.75, 3.05) is 0 Å². The van der Waals surface area contributed by atoms with Crippen LogP contribution in [0.2, 0.25) is 0 Å². The zero-order chi connectivity index (χ0) is 13.4. The van der Waals surface area contributed by atoms with Gasteiger partial charge in [-0.1, -0.05) is 28.6 Å². The van der Waals surface area contributed by atoms with Gasteiger partial charge in [-0.15, -0.1) is 16.4 Å². The van der Waals surface area contributed by atoms with Crippen LogP contribution in [0.5, 0.6) is 0 Å². The Hall–Kier alpha value is -2.54. The molecule has 0 bridgehead atoms. The van der Waals surface area contributed by atoms with Crippen molar-refractivity contribution >= 4 is 22.4 Å². The van der Waals surface area contributed by atoms with Gasteiger partial charge in [-0.3, -0.25) is 0 Å². The molecule has 0 amide bonds. The summed E-state index contributed by atoms with van der Waals surface area (Å²) in [5.74, 6) is 1.13. The zero-order valence-corrected chi connectivity index (χ0v) is 11.1. The van der Waals surface area contributed by atoms with Gasteiger partial charge in [0.1, 0.15) is 12.1 Å². The van der Waals surface area contributed by atoms with Crippen molar-refractivity contribution < 1.29 is 4.52 Å². The van der Waals surface area contributed by atoms with Crippen molar-refractivity contribution in [3.8, 4) is 10.7 Å². The Morgan fingerprint density at radius 2 is 2.10 bits per heavy atom. The average molecular weight is 283 g/mol. The minimum atomic E-state index is 0.416. The van der Waals surface area contributed by atoms with E-state index in [2.05, 4.69) is 20.5 Å². The minimum Gasteiger partial charge on any atom is -0.337 e. The van der Waals surface area contributed by atoms with Gasteiger partial charge in [0.25, 0.3) is 0 Å². The summed E-state index contributed by atoms with van der Waals surface area (Å²) < 4.78 is 7.02. The molecule has 0 aliphatic rings. The molecule has 0 unspecified atom stereocenters. The molecular weight excluding hydrogens is 274 g/mol. The molecule has 0 fully saturated rings. The van der Waals surface area contributed by atoms with Gasteiger partial charge in [0, 0.05) is 0 Å². The lowest BCUT2D eigenvalue weighted by atomic mass is 10.3. The molecule has 7 heteroatoms. The molecular formula is C13H9N5OS. The van der Waals surface area contributed by atoms with Crippen molar-refractivity contribution in [2.45, 2.75) is 6.54 Å². The van der Waals surface area contributed by atoms with Crippen molar-refractivity contribution in [3.63, 3.8) is 0 Å². The maximum Gasteiger partial charge on any atom is 0.248 e. The van der Waals surface area contributed by atoms with Crippen LogP contribution in [0.25, 0.3) is 21.7 Å². The minimum absolute atomic E-state index is 0.416. The summed E-state index contributed by atoms with van der Waals surface area (Å²) in [6.45, 7) is 0.416. The lowest BCUT2D eigenvalue weighted by Crippen LogP contribution is -2.02. The fraction of sp³-hybridized carbons (Fsp3) is 0.0769. The highest BCUT2D eigenvalue weighted by molar-refractivity contribution is 7.13. The molecule has 3 heterocycles. The molecule has 4 rings (SSSR count). The first-order valence-electron chi connectivity index (χ1n) is 6.05. The standard InChI is InChI=1S/C13H9N5OS/c1-2-5-10-9(4-1)15-17-18(10)8-12-14-13(16-19-12)11-6-3-7-20-11/h1-7H,8H2. The molecule has 0 N–H and O–H groups in total. The van der Waals surface area contributed by atoms with E-state index in [1.165, 1.54) is 0 Å². The van der Waals surface area contributed by atoms with E-state index in [0.29, 0.717) is 18.3 Å². The van der Waals surface area contributed by atoms with Gasteiger partial charge in [0.05, 0.1) is 10.4 Å². The smallest absolute Gasteiger partial charge is 0.248 e. The first-order valence-corrected chi connectivity index (χ1v) is 6.93. The van der Waals surface area contributed by atoms with E-state index < -0.39 is 0 Å². The maximum atomic E-state index is 5.27. The zero-order valence-electron chi connectivity index (χ0n) is 10.3. The molecule has 0 spiro atoms. The van der Waals surface area contributed by atoms with Crippen LogP contribution < -0.4 is 0 Å². The second kappa shape index (κ2) is 4.53. The van der Waals surface area contributed by atoms with Gasteiger partial charge in [-0.2, -0.15) is 4.98 Å². The molecule has 0 saturated heterocycles. The Kier molecular flexibility index (Phi) is 2.56. The van der Waals surface area contributed by atoms with Gasteiger partial charge in [0.2, 0.25) is 11.7 Å². The molecule has 0 atom stereocenters. The van der Waals surface area contributed by atoms with E-state index in [9.17, 15) is 0 Å². The van der Waals surface area contributed by atoms with Crippen molar-refractivity contribution in [3.05, 3.63) is 47.7 Å². The molecule has 20 heavy (non-hydrogen) atoms. The predicted octanol–water partition coefficient (Wildman–Crippen LogP) is 2.59. The summed E-state index contributed by atoms with van der Waals surface area (Å²) in [4.78, 5) is 5.37. The fourth-order valence-electron chi connectivity index (χ4n) is 1.99. The number of hydrogen-bond donors (Lipinski definition) is 0. The fourth-order valence-corrected chi connectivity index (χ4v) is 2.64. The Morgan fingerprint density at radius 3 is 3.00 bits per heavy atom. The van der Waals surface area contributed by atoms with Crippen LogP contribution in [0.3, 0.4) is 0 Å². The van der Waals surface area contributed by atoms with Crippen molar-refractivity contribution in [1.82, 2.24) is 25.1 Å². The second-order valence-corrected chi connectivity index (χ2v) is 5.17. The van der Waals surface area contributed by atoms with Crippen molar-refractivity contribution in [2.24, 2.45) is 0 Å². The molecule has 0 aliphatic carbocycles. The van der Waals surface area contributed by atoms with E-state index in [-0.39, 0.29) is 0 Å². The third-order valence-corrected chi connectivity index (χ3v) is 3.78. The lowest BCUT2D eigenvalue weighted by molar-refractivity contribution is 0.366. The number of fused-ring (bicyclic) bond motifs is 1. The summed E-state index contributed by atoms with van der Waals surface area (Å²) >= 11 is 1.58. The molecule has 1 aromatic carbocycles. The molecule has 3 aromatic heterocycles. The third kappa shape index (κ3) is 1.88. The molecule has 98 valence electrons. The first-order chi connectivity index (χ1) is 9.90. The topological polar surface area (TPSA) is 69.6 Å². The predicted molar refractivity (Wildman–Crippen MR) is 74.2 cm³/mol. The number of hydrogen-bond acceptors (Lipinski definition) is 6. The van der Waals surface area contributed by atoms with Gasteiger partial charge in [-0.05, 0) is 23.6 Å².